The van der Waals surface area contributed by atoms with Crippen LogP contribution in [0.15, 0.2) is 59.2 Å². The Balaban J connectivity index is 1.49. The molecule has 6 nitrogen and oxygen atoms in total. The first kappa shape index (κ1) is 19.1. The average molecular weight is 392 g/mol. The monoisotopic (exact) mass is 392 g/mol. The largest absolute Gasteiger partial charge is 0.496 e. The van der Waals surface area contributed by atoms with Gasteiger partial charge in [-0.3, -0.25) is 9.59 Å². The first-order chi connectivity index (χ1) is 14.2. The van der Waals surface area contributed by atoms with E-state index in [0.29, 0.717) is 31.0 Å². The van der Waals surface area contributed by atoms with Crippen molar-refractivity contribution in [1.82, 2.24) is 10.2 Å². The smallest absolute Gasteiger partial charge is 0.254 e. The van der Waals surface area contributed by atoms with Crippen molar-refractivity contribution in [3.63, 3.8) is 0 Å². The second kappa shape index (κ2) is 8.39. The number of nitrogens with one attached hydrogen (secondary N) is 1. The van der Waals surface area contributed by atoms with E-state index in [9.17, 15) is 9.59 Å². The van der Waals surface area contributed by atoms with Gasteiger partial charge in [0, 0.05) is 24.0 Å². The van der Waals surface area contributed by atoms with E-state index in [1.165, 1.54) is 0 Å². The second-order valence-electron chi connectivity index (χ2n) is 7.25. The summed E-state index contributed by atoms with van der Waals surface area (Å²) in [5.41, 5.74) is 0.637. The van der Waals surface area contributed by atoms with Gasteiger partial charge in [0.2, 0.25) is 5.91 Å². The molecule has 3 aromatic rings. The molecule has 4 rings (SSSR count). The third-order valence-electron chi connectivity index (χ3n) is 5.43. The Morgan fingerprint density at radius 2 is 1.97 bits per heavy atom. The fourth-order valence-electron chi connectivity index (χ4n) is 3.91. The minimum atomic E-state index is -0.216. The SMILES string of the molecule is COc1ccc(C(=O)N2CCCC(C(=O)NCc3ccco3)C2)c2ccccc12. The third kappa shape index (κ3) is 3.97. The van der Waals surface area contributed by atoms with Crippen LogP contribution in [0.4, 0.5) is 0 Å². The molecule has 2 amide bonds. The lowest BCUT2D eigenvalue weighted by Crippen LogP contribution is -2.45. The van der Waals surface area contributed by atoms with Crippen LogP contribution < -0.4 is 10.1 Å². The number of nitrogens with zero attached hydrogens (tertiary/aromatic N) is 1. The van der Waals surface area contributed by atoms with Gasteiger partial charge in [0.05, 0.1) is 25.8 Å². The van der Waals surface area contributed by atoms with Gasteiger partial charge < -0.3 is 19.4 Å². The maximum atomic E-state index is 13.3. The van der Waals surface area contributed by atoms with Gasteiger partial charge in [-0.05, 0) is 42.5 Å². The highest BCUT2D eigenvalue weighted by Gasteiger charge is 2.29. The molecule has 29 heavy (non-hydrogen) atoms. The van der Waals surface area contributed by atoms with Crippen LogP contribution in [0.3, 0.4) is 0 Å². The topological polar surface area (TPSA) is 71.8 Å². The van der Waals surface area contributed by atoms with Gasteiger partial charge in [-0.25, -0.2) is 0 Å². The summed E-state index contributed by atoms with van der Waals surface area (Å²) in [4.78, 5) is 27.6. The fourth-order valence-corrected chi connectivity index (χ4v) is 3.91. The highest BCUT2D eigenvalue weighted by atomic mass is 16.5. The molecule has 0 radical (unpaired) electrons. The molecule has 1 fully saturated rings. The summed E-state index contributed by atoms with van der Waals surface area (Å²) in [6.45, 7) is 1.43. The summed E-state index contributed by atoms with van der Waals surface area (Å²) in [7, 11) is 1.62. The number of fused-ring (bicyclic) bond motifs is 1. The molecule has 2 aromatic carbocycles. The average Bonchev–Trinajstić information content (AvgIpc) is 3.30. The summed E-state index contributed by atoms with van der Waals surface area (Å²) >= 11 is 0. The van der Waals surface area contributed by atoms with E-state index in [0.717, 1.165) is 29.4 Å². The van der Waals surface area contributed by atoms with Crippen molar-refractivity contribution in [3.05, 3.63) is 66.1 Å². The Hall–Kier alpha value is -3.28. The first-order valence-electron chi connectivity index (χ1n) is 9.82. The molecular formula is C23H24N2O4. The lowest BCUT2D eigenvalue weighted by molar-refractivity contribution is -0.126. The zero-order valence-electron chi connectivity index (χ0n) is 16.4. The number of benzene rings is 2. The zero-order valence-corrected chi connectivity index (χ0v) is 16.4. The van der Waals surface area contributed by atoms with E-state index >= 15 is 0 Å². The standard InChI is InChI=1S/C23H24N2O4/c1-28-21-11-10-20(18-8-2-3-9-19(18)21)23(27)25-12-4-6-16(15-25)22(26)24-14-17-7-5-13-29-17/h2-3,5,7-11,13,16H,4,6,12,14-15H2,1H3,(H,24,26). The summed E-state index contributed by atoms with van der Waals surface area (Å²) < 4.78 is 10.7. The molecule has 2 heterocycles. The van der Waals surface area contributed by atoms with Gasteiger partial charge in [0.15, 0.2) is 0 Å². The lowest BCUT2D eigenvalue weighted by Gasteiger charge is -2.32. The van der Waals surface area contributed by atoms with Crippen LogP contribution in [-0.2, 0) is 11.3 Å². The second-order valence-corrected chi connectivity index (χ2v) is 7.25. The molecule has 1 saturated heterocycles. The number of carbonyl (C=O) groups is 2. The Kier molecular flexibility index (Phi) is 5.51. The van der Waals surface area contributed by atoms with Crippen molar-refractivity contribution in [3.8, 4) is 5.75 Å². The van der Waals surface area contributed by atoms with E-state index in [1.54, 1.807) is 24.3 Å². The van der Waals surface area contributed by atoms with Crippen LogP contribution in [-0.4, -0.2) is 36.9 Å². The van der Waals surface area contributed by atoms with E-state index in [2.05, 4.69) is 5.32 Å². The van der Waals surface area contributed by atoms with Crippen LogP contribution in [0.5, 0.6) is 5.75 Å². The number of furan rings is 1. The summed E-state index contributed by atoms with van der Waals surface area (Å²) in [5, 5.41) is 4.68. The van der Waals surface area contributed by atoms with Crippen LogP contribution in [0.2, 0.25) is 0 Å². The summed E-state index contributed by atoms with van der Waals surface area (Å²) in [6, 6.07) is 15.0. The van der Waals surface area contributed by atoms with Gasteiger partial charge in [0.1, 0.15) is 11.5 Å². The molecule has 0 saturated carbocycles. The number of piperidine rings is 1. The van der Waals surface area contributed by atoms with Crippen molar-refractivity contribution >= 4 is 22.6 Å². The Morgan fingerprint density at radius 1 is 1.14 bits per heavy atom. The van der Waals surface area contributed by atoms with Crippen molar-refractivity contribution in [2.75, 3.05) is 20.2 Å². The molecule has 0 bridgehead atoms. The molecule has 1 atom stereocenters. The minimum Gasteiger partial charge on any atom is -0.496 e. The molecule has 1 aliphatic rings. The minimum absolute atomic E-state index is 0.0431. The molecule has 0 aliphatic carbocycles. The molecule has 1 aromatic heterocycles. The number of hydrogen-bond acceptors (Lipinski definition) is 4. The van der Waals surface area contributed by atoms with Gasteiger partial charge >= 0.3 is 0 Å². The van der Waals surface area contributed by atoms with Crippen molar-refractivity contribution in [2.45, 2.75) is 19.4 Å². The highest BCUT2D eigenvalue weighted by Crippen LogP contribution is 2.30. The summed E-state index contributed by atoms with van der Waals surface area (Å²) in [6.07, 6.45) is 3.16. The van der Waals surface area contributed by atoms with Crippen molar-refractivity contribution in [2.24, 2.45) is 5.92 Å². The predicted molar refractivity (Wildman–Crippen MR) is 110 cm³/mol. The number of carbonyl (C=O) groups excluding carboxylic acids is 2. The molecule has 1 unspecified atom stereocenters. The number of amides is 2. The van der Waals surface area contributed by atoms with Crippen molar-refractivity contribution < 1.29 is 18.7 Å². The molecule has 0 spiro atoms. The fraction of sp³-hybridized carbons (Fsp3) is 0.304. The van der Waals surface area contributed by atoms with Crippen LogP contribution >= 0.6 is 0 Å². The van der Waals surface area contributed by atoms with E-state index in [4.69, 9.17) is 9.15 Å². The number of ether oxygens (including phenoxy) is 1. The molecule has 1 N–H and O–H groups in total. The van der Waals surface area contributed by atoms with Gasteiger partial charge in [0.25, 0.3) is 5.91 Å². The van der Waals surface area contributed by atoms with Crippen LogP contribution in [0.25, 0.3) is 10.8 Å². The van der Waals surface area contributed by atoms with E-state index < -0.39 is 0 Å². The normalized spacial score (nSPS) is 16.6. The van der Waals surface area contributed by atoms with Gasteiger partial charge in [-0.15, -0.1) is 0 Å². The number of hydrogen-bond donors (Lipinski definition) is 1. The number of rotatable bonds is 5. The van der Waals surface area contributed by atoms with Crippen LogP contribution in [0.1, 0.15) is 29.0 Å². The number of likely N-dealkylation sites (tertiary alicyclic amines) is 1. The quantitative estimate of drug-likeness (QED) is 0.720. The van der Waals surface area contributed by atoms with Gasteiger partial charge in [-0.1, -0.05) is 24.3 Å². The van der Waals surface area contributed by atoms with Crippen LogP contribution in [0, 0.1) is 5.92 Å². The number of methoxy groups -OCH3 is 1. The van der Waals surface area contributed by atoms with E-state index in [-0.39, 0.29) is 17.7 Å². The first-order valence-corrected chi connectivity index (χ1v) is 9.82. The highest BCUT2D eigenvalue weighted by molar-refractivity contribution is 6.08. The summed E-state index contributed by atoms with van der Waals surface area (Å²) in [5.74, 6) is 1.15. The molecule has 1 aliphatic heterocycles. The predicted octanol–water partition coefficient (Wildman–Crippen LogP) is 3.61. The Labute approximate surface area is 169 Å². The van der Waals surface area contributed by atoms with Crippen molar-refractivity contribution in [1.29, 1.82) is 0 Å². The Bertz CT molecular complexity index is 1010. The molecule has 150 valence electrons. The Morgan fingerprint density at radius 3 is 2.72 bits per heavy atom. The maximum Gasteiger partial charge on any atom is 0.254 e. The molecule has 6 heteroatoms. The van der Waals surface area contributed by atoms with E-state index in [1.807, 2.05) is 42.5 Å². The lowest BCUT2D eigenvalue weighted by atomic mass is 9.95. The molecular weight excluding hydrogens is 368 g/mol. The zero-order chi connectivity index (χ0) is 20.2. The van der Waals surface area contributed by atoms with Gasteiger partial charge in [-0.2, -0.15) is 0 Å². The maximum absolute atomic E-state index is 13.3. The third-order valence-corrected chi connectivity index (χ3v) is 5.43.